The van der Waals surface area contributed by atoms with Crippen LogP contribution in [0.25, 0.3) is 0 Å². The Balaban J connectivity index is 2.19. The van der Waals surface area contributed by atoms with Gasteiger partial charge in [-0.1, -0.05) is 6.92 Å². The number of nitrogens with one attached hydrogen (secondary N) is 1. The number of rotatable bonds is 5. The lowest BCUT2D eigenvalue weighted by atomic mass is 9.97. The van der Waals surface area contributed by atoms with Crippen molar-refractivity contribution < 1.29 is 14.6 Å². The van der Waals surface area contributed by atoms with E-state index in [1.54, 1.807) is 7.11 Å². The third kappa shape index (κ3) is 4.47. The van der Waals surface area contributed by atoms with Crippen LogP contribution in [0.4, 0.5) is 0 Å². The lowest BCUT2D eigenvalue weighted by molar-refractivity contribution is -0.123. The summed E-state index contributed by atoms with van der Waals surface area (Å²) in [6, 6.07) is 0. The largest absolute Gasteiger partial charge is 0.393 e. The van der Waals surface area contributed by atoms with Crippen molar-refractivity contribution in [1.82, 2.24) is 10.2 Å². The van der Waals surface area contributed by atoms with Crippen molar-refractivity contribution in [3.05, 3.63) is 0 Å². The van der Waals surface area contributed by atoms with Crippen LogP contribution < -0.4 is 5.32 Å². The molecule has 1 heterocycles. The quantitative estimate of drug-likeness (QED) is 0.622. The van der Waals surface area contributed by atoms with E-state index >= 15 is 0 Å². The molecule has 0 aromatic heterocycles. The van der Waals surface area contributed by atoms with E-state index in [4.69, 9.17) is 4.74 Å². The van der Waals surface area contributed by atoms with E-state index in [0.717, 1.165) is 19.5 Å². The summed E-state index contributed by atoms with van der Waals surface area (Å²) < 4.78 is 4.85. The van der Waals surface area contributed by atoms with Crippen molar-refractivity contribution >= 4 is 5.91 Å². The molecular weight excluding hydrogens is 208 g/mol. The average Bonchev–Trinajstić information content (AvgIpc) is 2.24. The minimum Gasteiger partial charge on any atom is -0.393 e. The number of aliphatic hydroxyl groups is 1. The Kier molecular flexibility index (Phi) is 5.73. The average molecular weight is 230 g/mol. The molecule has 5 heteroatoms. The van der Waals surface area contributed by atoms with Crippen LogP contribution in [0.1, 0.15) is 13.3 Å². The fourth-order valence-corrected chi connectivity index (χ4v) is 1.91. The molecule has 2 N–H and O–H groups in total. The normalized spacial score (nSPS) is 26.7. The van der Waals surface area contributed by atoms with Crippen LogP contribution in [-0.2, 0) is 9.53 Å². The number of carbonyl (C=O) groups is 1. The molecule has 1 saturated heterocycles. The highest BCUT2D eigenvalue weighted by molar-refractivity contribution is 5.77. The SMILES string of the molecule is COCCNC(=O)CN1CCC(O)C(C)C1. The summed E-state index contributed by atoms with van der Waals surface area (Å²) in [5.41, 5.74) is 0. The summed E-state index contributed by atoms with van der Waals surface area (Å²) >= 11 is 0. The molecule has 0 spiro atoms. The molecule has 1 amide bonds. The fourth-order valence-electron chi connectivity index (χ4n) is 1.91. The van der Waals surface area contributed by atoms with Crippen molar-refractivity contribution in [2.75, 3.05) is 39.9 Å². The van der Waals surface area contributed by atoms with Gasteiger partial charge in [-0.05, 0) is 12.3 Å². The molecule has 2 atom stereocenters. The topological polar surface area (TPSA) is 61.8 Å². The van der Waals surface area contributed by atoms with Crippen molar-refractivity contribution in [1.29, 1.82) is 0 Å². The van der Waals surface area contributed by atoms with E-state index in [1.165, 1.54) is 0 Å². The number of nitrogens with zero attached hydrogens (tertiary/aromatic N) is 1. The highest BCUT2D eigenvalue weighted by Crippen LogP contribution is 2.15. The smallest absolute Gasteiger partial charge is 0.234 e. The van der Waals surface area contributed by atoms with Gasteiger partial charge in [0.05, 0.1) is 19.3 Å². The van der Waals surface area contributed by atoms with Crippen LogP contribution >= 0.6 is 0 Å². The Morgan fingerprint density at radius 3 is 3.00 bits per heavy atom. The third-order valence-electron chi connectivity index (χ3n) is 2.94. The molecule has 1 fully saturated rings. The Bertz CT molecular complexity index is 223. The number of methoxy groups -OCH3 is 1. The maximum absolute atomic E-state index is 11.5. The van der Waals surface area contributed by atoms with Crippen LogP contribution in [0.3, 0.4) is 0 Å². The van der Waals surface area contributed by atoms with E-state index in [-0.39, 0.29) is 17.9 Å². The minimum atomic E-state index is -0.215. The van der Waals surface area contributed by atoms with Crippen LogP contribution in [0, 0.1) is 5.92 Å². The summed E-state index contributed by atoms with van der Waals surface area (Å²) in [7, 11) is 1.61. The zero-order chi connectivity index (χ0) is 12.0. The molecular formula is C11H22N2O3. The molecule has 0 aliphatic carbocycles. The first-order chi connectivity index (χ1) is 7.63. The van der Waals surface area contributed by atoms with Gasteiger partial charge in [0.15, 0.2) is 0 Å². The van der Waals surface area contributed by atoms with Gasteiger partial charge in [-0.2, -0.15) is 0 Å². The highest BCUT2D eigenvalue weighted by atomic mass is 16.5. The first-order valence-corrected chi connectivity index (χ1v) is 5.79. The fraction of sp³-hybridized carbons (Fsp3) is 0.909. The number of hydrogen-bond acceptors (Lipinski definition) is 4. The predicted octanol–water partition coefficient (Wildman–Crippen LogP) is -0.548. The van der Waals surface area contributed by atoms with Gasteiger partial charge in [-0.15, -0.1) is 0 Å². The van der Waals surface area contributed by atoms with Crippen molar-refractivity contribution in [2.24, 2.45) is 5.92 Å². The van der Waals surface area contributed by atoms with Crippen LogP contribution in [0.15, 0.2) is 0 Å². The van der Waals surface area contributed by atoms with Crippen molar-refractivity contribution in [3.8, 4) is 0 Å². The summed E-state index contributed by atoms with van der Waals surface area (Å²) in [6.07, 6.45) is 0.541. The summed E-state index contributed by atoms with van der Waals surface area (Å²) in [5.74, 6) is 0.279. The van der Waals surface area contributed by atoms with E-state index in [0.29, 0.717) is 19.7 Å². The maximum Gasteiger partial charge on any atom is 0.234 e. The van der Waals surface area contributed by atoms with Crippen molar-refractivity contribution in [2.45, 2.75) is 19.4 Å². The molecule has 1 rings (SSSR count). The molecule has 0 bridgehead atoms. The van der Waals surface area contributed by atoms with E-state index < -0.39 is 0 Å². The second-order valence-electron chi connectivity index (χ2n) is 4.41. The molecule has 94 valence electrons. The van der Waals surface area contributed by atoms with Gasteiger partial charge in [-0.25, -0.2) is 0 Å². The Hall–Kier alpha value is -0.650. The number of aliphatic hydroxyl groups excluding tert-OH is 1. The number of carbonyl (C=O) groups excluding carboxylic acids is 1. The molecule has 5 nitrogen and oxygen atoms in total. The number of amides is 1. The van der Waals surface area contributed by atoms with Gasteiger partial charge in [0.1, 0.15) is 0 Å². The Morgan fingerprint density at radius 1 is 1.62 bits per heavy atom. The summed E-state index contributed by atoms with van der Waals surface area (Å²) in [4.78, 5) is 13.6. The van der Waals surface area contributed by atoms with Gasteiger partial charge in [0.2, 0.25) is 5.91 Å². The van der Waals surface area contributed by atoms with Gasteiger partial charge < -0.3 is 15.2 Å². The number of ether oxygens (including phenoxy) is 1. The lowest BCUT2D eigenvalue weighted by Gasteiger charge is -2.33. The van der Waals surface area contributed by atoms with Crippen molar-refractivity contribution in [3.63, 3.8) is 0 Å². The number of likely N-dealkylation sites (tertiary alicyclic amines) is 1. The predicted molar refractivity (Wildman–Crippen MR) is 61.1 cm³/mol. The Labute approximate surface area is 96.8 Å². The van der Waals surface area contributed by atoms with Gasteiger partial charge in [0, 0.05) is 26.7 Å². The van der Waals surface area contributed by atoms with Crippen LogP contribution in [-0.4, -0.2) is 61.9 Å². The zero-order valence-corrected chi connectivity index (χ0v) is 10.1. The molecule has 0 aromatic rings. The lowest BCUT2D eigenvalue weighted by Crippen LogP contribution is -2.46. The molecule has 2 unspecified atom stereocenters. The molecule has 0 saturated carbocycles. The number of piperidine rings is 1. The molecule has 1 aliphatic rings. The minimum absolute atomic E-state index is 0.0284. The molecule has 16 heavy (non-hydrogen) atoms. The molecule has 1 aliphatic heterocycles. The number of hydrogen-bond donors (Lipinski definition) is 2. The first-order valence-electron chi connectivity index (χ1n) is 5.79. The summed E-state index contributed by atoms with van der Waals surface area (Å²) in [6.45, 7) is 5.12. The van der Waals surface area contributed by atoms with Gasteiger partial charge >= 0.3 is 0 Å². The maximum atomic E-state index is 11.5. The van der Waals surface area contributed by atoms with Gasteiger partial charge in [-0.3, -0.25) is 9.69 Å². The van der Waals surface area contributed by atoms with E-state index in [2.05, 4.69) is 10.2 Å². The zero-order valence-electron chi connectivity index (χ0n) is 10.1. The first kappa shape index (κ1) is 13.4. The second-order valence-corrected chi connectivity index (χ2v) is 4.41. The Morgan fingerprint density at radius 2 is 2.38 bits per heavy atom. The van der Waals surface area contributed by atoms with Gasteiger partial charge in [0.25, 0.3) is 0 Å². The van der Waals surface area contributed by atoms with E-state index in [1.807, 2.05) is 6.92 Å². The standard InChI is InChI=1S/C11H22N2O3/c1-9-7-13(5-3-10(9)14)8-11(15)12-4-6-16-2/h9-10,14H,3-8H2,1-2H3,(H,12,15). The molecule has 0 aromatic carbocycles. The van der Waals surface area contributed by atoms with Crippen LogP contribution in [0.2, 0.25) is 0 Å². The molecule has 0 radical (unpaired) electrons. The monoisotopic (exact) mass is 230 g/mol. The van der Waals surface area contributed by atoms with Crippen LogP contribution in [0.5, 0.6) is 0 Å². The van der Waals surface area contributed by atoms with E-state index in [9.17, 15) is 9.90 Å². The third-order valence-corrected chi connectivity index (χ3v) is 2.94. The second kappa shape index (κ2) is 6.83. The summed E-state index contributed by atoms with van der Waals surface area (Å²) in [5, 5.41) is 12.3. The highest BCUT2D eigenvalue weighted by Gasteiger charge is 2.24.